The van der Waals surface area contributed by atoms with Gasteiger partial charge in [0.1, 0.15) is 16.5 Å². The van der Waals surface area contributed by atoms with Crippen LogP contribution >= 0.6 is 11.3 Å². The normalized spacial score (nSPS) is 13.8. The summed E-state index contributed by atoms with van der Waals surface area (Å²) in [4.78, 5) is 24.2. The van der Waals surface area contributed by atoms with Gasteiger partial charge in [0.05, 0.1) is 11.9 Å². The topological polar surface area (TPSA) is 49.0 Å². The molecular formula is C18H18FN3OS. The summed E-state index contributed by atoms with van der Waals surface area (Å²) >= 11 is 1.65. The lowest BCUT2D eigenvalue weighted by Crippen LogP contribution is -2.21. The lowest BCUT2D eigenvalue weighted by atomic mass is 10.2. The fourth-order valence-electron chi connectivity index (χ4n) is 3.38. The fourth-order valence-corrected chi connectivity index (χ4v) is 4.66. The van der Waals surface area contributed by atoms with Crippen LogP contribution in [0.25, 0.3) is 10.2 Å². The number of rotatable bonds is 4. The Kier molecular flexibility index (Phi) is 3.94. The Bertz CT molecular complexity index is 963. The van der Waals surface area contributed by atoms with E-state index in [-0.39, 0.29) is 11.4 Å². The fraction of sp³-hybridized carbons (Fsp3) is 0.333. The van der Waals surface area contributed by atoms with E-state index in [0.717, 1.165) is 35.0 Å². The molecule has 124 valence electrons. The van der Waals surface area contributed by atoms with E-state index in [0.29, 0.717) is 18.9 Å². The molecule has 0 atom stereocenters. The number of hydrogen-bond donors (Lipinski definition) is 1. The van der Waals surface area contributed by atoms with Crippen LogP contribution in [0.15, 0.2) is 29.1 Å². The van der Waals surface area contributed by atoms with Crippen LogP contribution in [0.4, 0.5) is 4.39 Å². The maximum Gasteiger partial charge on any atom is 0.259 e. The van der Waals surface area contributed by atoms with Crippen molar-refractivity contribution >= 4 is 21.6 Å². The molecule has 0 saturated carbocycles. The molecule has 0 saturated heterocycles. The van der Waals surface area contributed by atoms with E-state index >= 15 is 0 Å². The minimum atomic E-state index is -0.234. The van der Waals surface area contributed by atoms with Gasteiger partial charge in [-0.05, 0) is 49.6 Å². The third-order valence-electron chi connectivity index (χ3n) is 4.39. The number of nitrogens with zero attached hydrogens (tertiary/aromatic N) is 2. The molecule has 0 aliphatic heterocycles. The van der Waals surface area contributed by atoms with Gasteiger partial charge in [0.2, 0.25) is 0 Å². The number of halogens is 1. The standard InChI is InChI=1S/C18H18FN3OS/c1-22(9-11-4-2-5-12(19)8-11)10-15-20-17(23)16-13-6-3-7-14(13)24-18(16)21-15/h2,4-5,8H,3,6-7,9-10H2,1H3,(H,20,21,23). The Morgan fingerprint density at radius 2 is 2.21 bits per heavy atom. The van der Waals surface area contributed by atoms with Gasteiger partial charge in [-0.15, -0.1) is 11.3 Å². The van der Waals surface area contributed by atoms with Crippen molar-refractivity contribution in [3.8, 4) is 0 Å². The highest BCUT2D eigenvalue weighted by molar-refractivity contribution is 7.18. The summed E-state index contributed by atoms with van der Waals surface area (Å²) in [5.74, 6) is 0.424. The summed E-state index contributed by atoms with van der Waals surface area (Å²) in [6.07, 6.45) is 3.18. The van der Waals surface area contributed by atoms with Gasteiger partial charge in [-0.2, -0.15) is 0 Å². The van der Waals surface area contributed by atoms with Gasteiger partial charge >= 0.3 is 0 Å². The zero-order chi connectivity index (χ0) is 16.7. The SMILES string of the molecule is CN(Cc1cccc(F)c1)Cc1nc2sc3c(c2c(=O)[nH]1)CCC3. The molecule has 3 aromatic rings. The van der Waals surface area contributed by atoms with Crippen LogP contribution in [0.1, 0.15) is 28.2 Å². The third kappa shape index (κ3) is 2.87. The first kappa shape index (κ1) is 15.5. The van der Waals surface area contributed by atoms with Crippen LogP contribution in [-0.4, -0.2) is 21.9 Å². The Balaban J connectivity index is 1.57. The minimum Gasteiger partial charge on any atom is -0.309 e. The summed E-state index contributed by atoms with van der Waals surface area (Å²) in [6.45, 7) is 1.12. The van der Waals surface area contributed by atoms with Gasteiger partial charge in [0, 0.05) is 11.4 Å². The van der Waals surface area contributed by atoms with Crippen molar-refractivity contribution in [2.75, 3.05) is 7.05 Å². The molecule has 4 rings (SSSR count). The summed E-state index contributed by atoms with van der Waals surface area (Å²) < 4.78 is 13.3. The van der Waals surface area contributed by atoms with Crippen molar-refractivity contribution in [1.82, 2.24) is 14.9 Å². The van der Waals surface area contributed by atoms with Gasteiger partial charge in [-0.1, -0.05) is 12.1 Å². The van der Waals surface area contributed by atoms with Crippen LogP contribution < -0.4 is 5.56 Å². The van der Waals surface area contributed by atoms with E-state index in [9.17, 15) is 9.18 Å². The van der Waals surface area contributed by atoms with Gasteiger partial charge < -0.3 is 4.98 Å². The average Bonchev–Trinajstić information content (AvgIpc) is 3.06. The molecule has 0 amide bonds. The van der Waals surface area contributed by atoms with Crippen molar-refractivity contribution in [2.24, 2.45) is 0 Å². The van der Waals surface area contributed by atoms with E-state index in [1.807, 2.05) is 18.0 Å². The molecule has 0 unspecified atom stereocenters. The Morgan fingerprint density at radius 3 is 3.04 bits per heavy atom. The monoisotopic (exact) mass is 343 g/mol. The molecule has 0 fully saturated rings. The first-order chi connectivity index (χ1) is 11.6. The maximum absolute atomic E-state index is 13.3. The Morgan fingerprint density at radius 1 is 1.33 bits per heavy atom. The highest BCUT2D eigenvalue weighted by atomic mass is 32.1. The summed E-state index contributed by atoms with van der Waals surface area (Å²) in [5.41, 5.74) is 2.06. The second-order valence-electron chi connectivity index (χ2n) is 6.35. The number of aromatic nitrogens is 2. The average molecular weight is 343 g/mol. The molecule has 1 N–H and O–H groups in total. The number of aryl methyl sites for hydroxylation is 2. The van der Waals surface area contributed by atoms with Crippen LogP contribution in [0.5, 0.6) is 0 Å². The first-order valence-corrected chi connectivity index (χ1v) is 8.88. The summed E-state index contributed by atoms with van der Waals surface area (Å²) in [6, 6.07) is 6.56. The number of nitrogens with one attached hydrogen (secondary N) is 1. The van der Waals surface area contributed by atoms with Gasteiger partial charge in [0.25, 0.3) is 5.56 Å². The highest BCUT2D eigenvalue weighted by Gasteiger charge is 2.21. The maximum atomic E-state index is 13.3. The molecule has 0 spiro atoms. The van der Waals surface area contributed by atoms with E-state index in [1.54, 1.807) is 17.4 Å². The number of aromatic amines is 1. The summed E-state index contributed by atoms with van der Waals surface area (Å²) in [7, 11) is 1.93. The molecule has 6 heteroatoms. The number of thiophene rings is 1. The van der Waals surface area contributed by atoms with E-state index < -0.39 is 0 Å². The largest absolute Gasteiger partial charge is 0.309 e. The minimum absolute atomic E-state index is 0.0337. The predicted octanol–water partition coefficient (Wildman–Crippen LogP) is 3.24. The van der Waals surface area contributed by atoms with Gasteiger partial charge in [-0.25, -0.2) is 9.37 Å². The smallest absolute Gasteiger partial charge is 0.259 e. The van der Waals surface area contributed by atoms with E-state index in [4.69, 9.17) is 0 Å². The molecule has 1 aliphatic carbocycles. The molecular weight excluding hydrogens is 325 g/mol. The van der Waals surface area contributed by atoms with Crippen LogP contribution in [0.3, 0.4) is 0 Å². The highest BCUT2D eigenvalue weighted by Crippen LogP contribution is 2.34. The van der Waals surface area contributed by atoms with Crippen LogP contribution in [-0.2, 0) is 25.9 Å². The molecule has 24 heavy (non-hydrogen) atoms. The lowest BCUT2D eigenvalue weighted by molar-refractivity contribution is 0.310. The third-order valence-corrected chi connectivity index (χ3v) is 5.57. The lowest BCUT2D eigenvalue weighted by Gasteiger charge is -2.16. The van der Waals surface area contributed by atoms with Gasteiger partial charge in [-0.3, -0.25) is 9.69 Å². The number of hydrogen-bond acceptors (Lipinski definition) is 4. The second-order valence-corrected chi connectivity index (χ2v) is 7.44. The molecule has 2 heterocycles. The van der Waals surface area contributed by atoms with Crippen LogP contribution in [0, 0.1) is 5.82 Å². The van der Waals surface area contributed by atoms with E-state index in [2.05, 4.69) is 9.97 Å². The molecule has 0 bridgehead atoms. The van der Waals surface area contributed by atoms with Crippen molar-refractivity contribution in [3.63, 3.8) is 0 Å². The van der Waals surface area contributed by atoms with Crippen molar-refractivity contribution in [2.45, 2.75) is 32.4 Å². The number of H-pyrrole nitrogens is 1. The number of benzene rings is 1. The Labute approximate surface area is 143 Å². The molecule has 2 aromatic heterocycles. The van der Waals surface area contributed by atoms with Crippen molar-refractivity contribution in [3.05, 3.63) is 62.3 Å². The first-order valence-electron chi connectivity index (χ1n) is 8.06. The molecule has 4 nitrogen and oxygen atoms in total. The van der Waals surface area contributed by atoms with Crippen molar-refractivity contribution < 1.29 is 4.39 Å². The molecule has 1 aliphatic rings. The van der Waals surface area contributed by atoms with Crippen LogP contribution in [0.2, 0.25) is 0 Å². The molecule has 1 aromatic carbocycles. The molecule has 0 radical (unpaired) electrons. The number of fused-ring (bicyclic) bond motifs is 3. The zero-order valence-electron chi connectivity index (χ0n) is 13.4. The quantitative estimate of drug-likeness (QED) is 0.791. The zero-order valence-corrected chi connectivity index (χ0v) is 14.3. The van der Waals surface area contributed by atoms with Gasteiger partial charge in [0.15, 0.2) is 0 Å². The Hall–Kier alpha value is -2.05. The second kappa shape index (κ2) is 6.11. The predicted molar refractivity (Wildman–Crippen MR) is 93.8 cm³/mol. The van der Waals surface area contributed by atoms with E-state index in [1.165, 1.54) is 22.6 Å². The summed E-state index contributed by atoms with van der Waals surface area (Å²) in [5, 5.41) is 0.782. The van der Waals surface area contributed by atoms with Crippen molar-refractivity contribution in [1.29, 1.82) is 0 Å².